The van der Waals surface area contributed by atoms with Gasteiger partial charge in [0.2, 0.25) is 11.5 Å². The molecular weight excluding hydrogens is 492 g/mol. The Balaban J connectivity index is 1.51. The lowest BCUT2D eigenvalue weighted by atomic mass is 10.0. The van der Waals surface area contributed by atoms with Gasteiger partial charge in [-0.25, -0.2) is 4.79 Å². The van der Waals surface area contributed by atoms with E-state index < -0.39 is 17.7 Å². The number of benzene rings is 3. The summed E-state index contributed by atoms with van der Waals surface area (Å²) < 4.78 is 40.1. The van der Waals surface area contributed by atoms with E-state index >= 15 is 0 Å². The molecule has 4 aromatic rings. The zero-order chi connectivity index (χ0) is 26.6. The molecule has 2 heterocycles. The zero-order valence-electron chi connectivity index (χ0n) is 21.1. The molecule has 0 N–H and O–H groups in total. The quantitative estimate of drug-likeness (QED) is 0.126. The molecule has 0 spiro atoms. The number of methoxy groups -OCH3 is 2. The molecule has 3 aromatic carbocycles. The average Bonchev–Trinajstić information content (AvgIpc) is 3.77. The molecular formula is C29H26O9. The van der Waals surface area contributed by atoms with E-state index in [0.717, 1.165) is 5.56 Å². The molecule has 1 aromatic heterocycles. The van der Waals surface area contributed by atoms with Gasteiger partial charge in [-0.15, -0.1) is 0 Å². The first kappa shape index (κ1) is 25.2. The molecule has 9 nitrogen and oxygen atoms in total. The van der Waals surface area contributed by atoms with Gasteiger partial charge in [0.05, 0.1) is 20.8 Å². The molecule has 1 fully saturated rings. The Morgan fingerprint density at radius 2 is 1.63 bits per heavy atom. The van der Waals surface area contributed by atoms with Crippen molar-refractivity contribution in [1.82, 2.24) is 0 Å². The fraction of sp³-hybridized carbons (Fsp3) is 0.241. The molecule has 0 unspecified atom stereocenters. The number of carbonyl (C=O) groups is 1. The average molecular weight is 519 g/mol. The van der Waals surface area contributed by atoms with Crippen LogP contribution in [-0.4, -0.2) is 32.9 Å². The Bertz CT molecular complexity index is 1480. The first-order chi connectivity index (χ1) is 18.5. The van der Waals surface area contributed by atoms with Crippen LogP contribution in [0.5, 0.6) is 28.7 Å². The summed E-state index contributed by atoms with van der Waals surface area (Å²) in [5.41, 5.74) is 1.22. The number of hydrogen-bond donors (Lipinski definition) is 0. The monoisotopic (exact) mass is 518 g/mol. The van der Waals surface area contributed by atoms with Crippen LogP contribution in [0.25, 0.3) is 11.0 Å². The molecule has 0 amide bonds. The highest BCUT2D eigenvalue weighted by Gasteiger charge is 2.38. The second-order valence-electron chi connectivity index (χ2n) is 8.60. The third-order valence-corrected chi connectivity index (χ3v) is 5.94. The molecule has 1 aliphatic rings. The van der Waals surface area contributed by atoms with Crippen LogP contribution in [0, 0.1) is 0 Å². The van der Waals surface area contributed by atoms with Crippen LogP contribution in [0.1, 0.15) is 24.2 Å². The molecule has 38 heavy (non-hydrogen) atoms. The van der Waals surface area contributed by atoms with Crippen LogP contribution in [0.2, 0.25) is 0 Å². The van der Waals surface area contributed by atoms with Crippen molar-refractivity contribution in [2.75, 3.05) is 20.8 Å². The Morgan fingerprint density at radius 1 is 0.947 bits per heavy atom. The number of fused-ring (bicyclic) bond motifs is 1. The first-order valence-corrected chi connectivity index (χ1v) is 11.9. The van der Waals surface area contributed by atoms with Crippen molar-refractivity contribution in [3.8, 4) is 28.7 Å². The highest BCUT2D eigenvalue weighted by molar-refractivity contribution is 5.87. The van der Waals surface area contributed by atoms with Crippen LogP contribution in [0.4, 0.5) is 0 Å². The number of ether oxygens (including phenoxy) is 6. The summed E-state index contributed by atoms with van der Waals surface area (Å²) in [5.74, 6) is 0.996. The molecule has 9 heteroatoms. The van der Waals surface area contributed by atoms with Crippen molar-refractivity contribution in [2.24, 2.45) is 0 Å². The molecule has 196 valence electrons. The van der Waals surface area contributed by atoms with Crippen molar-refractivity contribution < 1.29 is 37.6 Å². The van der Waals surface area contributed by atoms with Crippen molar-refractivity contribution in [2.45, 2.75) is 25.7 Å². The molecule has 2 atom stereocenters. The van der Waals surface area contributed by atoms with E-state index in [1.54, 1.807) is 44.6 Å². The number of epoxide rings is 1. The van der Waals surface area contributed by atoms with Crippen molar-refractivity contribution in [3.05, 3.63) is 88.3 Å². The number of carbonyl (C=O) groups excluding carboxylic acids is 1. The second-order valence-corrected chi connectivity index (χ2v) is 8.60. The van der Waals surface area contributed by atoms with Crippen LogP contribution in [0.3, 0.4) is 0 Å². The summed E-state index contributed by atoms with van der Waals surface area (Å²) in [5, 5.41) is 0.579. The van der Waals surface area contributed by atoms with E-state index in [9.17, 15) is 9.59 Å². The van der Waals surface area contributed by atoms with Gasteiger partial charge in [-0.1, -0.05) is 30.3 Å². The molecule has 0 saturated carbocycles. The summed E-state index contributed by atoms with van der Waals surface area (Å²) in [7, 11) is 3.09. The summed E-state index contributed by atoms with van der Waals surface area (Å²) in [6.45, 7) is 2.05. The Kier molecular flexibility index (Phi) is 7.19. The lowest BCUT2D eigenvalue weighted by molar-refractivity contribution is -0.132. The maximum Gasteiger partial charge on any atom is 0.336 e. The number of hydrogen-bond acceptors (Lipinski definition) is 9. The van der Waals surface area contributed by atoms with Crippen LogP contribution < -0.4 is 29.3 Å². The fourth-order valence-corrected chi connectivity index (χ4v) is 4.08. The SMILES string of the molecule is COc1cc([C@H](Oc2ccc3ccc(=O)oc3c2OC(C)=O)[C@H]2CO2)cc(OC)c1OCc1ccccc1. The lowest BCUT2D eigenvalue weighted by Crippen LogP contribution is -2.16. The largest absolute Gasteiger partial charge is 0.493 e. The summed E-state index contributed by atoms with van der Waals surface area (Å²) in [4.78, 5) is 23.8. The minimum atomic E-state index is -0.622. The maximum absolute atomic E-state index is 11.9. The highest BCUT2D eigenvalue weighted by atomic mass is 16.6. The lowest BCUT2D eigenvalue weighted by Gasteiger charge is -2.22. The smallest absolute Gasteiger partial charge is 0.336 e. The minimum Gasteiger partial charge on any atom is -0.493 e. The van der Waals surface area contributed by atoms with Crippen LogP contribution in [-0.2, 0) is 16.1 Å². The Labute approximate surface area is 218 Å². The van der Waals surface area contributed by atoms with E-state index in [1.165, 1.54) is 13.0 Å². The van der Waals surface area contributed by atoms with E-state index in [4.69, 9.17) is 32.8 Å². The first-order valence-electron chi connectivity index (χ1n) is 11.9. The van der Waals surface area contributed by atoms with Gasteiger partial charge in [-0.3, -0.25) is 4.79 Å². The van der Waals surface area contributed by atoms with Gasteiger partial charge in [-0.2, -0.15) is 0 Å². The molecule has 1 aliphatic heterocycles. The molecule has 5 rings (SSSR count). The van der Waals surface area contributed by atoms with Crippen LogP contribution in [0.15, 0.2) is 75.9 Å². The summed E-state index contributed by atoms with van der Waals surface area (Å²) >= 11 is 0. The normalized spacial score (nSPS) is 15.0. The van der Waals surface area contributed by atoms with Gasteiger partial charge in [0.25, 0.3) is 0 Å². The molecule has 1 saturated heterocycles. The van der Waals surface area contributed by atoms with Gasteiger partial charge in [0, 0.05) is 23.9 Å². The van der Waals surface area contributed by atoms with Crippen molar-refractivity contribution in [3.63, 3.8) is 0 Å². The topological polar surface area (TPSA) is 106 Å². The Morgan fingerprint density at radius 3 is 2.26 bits per heavy atom. The number of rotatable bonds is 10. The van der Waals surface area contributed by atoms with Crippen molar-refractivity contribution >= 4 is 16.9 Å². The van der Waals surface area contributed by atoms with E-state index in [2.05, 4.69) is 0 Å². The predicted molar refractivity (Wildman–Crippen MR) is 137 cm³/mol. The molecule has 0 bridgehead atoms. The fourth-order valence-electron chi connectivity index (χ4n) is 4.08. The van der Waals surface area contributed by atoms with E-state index in [1.807, 2.05) is 30.3 Å². The standard InChI is InChI=1S/C29H26O9/c1-17(30)36-29-21(11-9-19-10-12-25(31)38-27(19)29)37-26(24-16-34-24)20-13-22(32-2)28(23(14-20)33-3)35-15-18-7-5-4-6-8-18/h4-14,24,26H,15-16H2,1-3H3/t24-,26+/m1/s1. The second kappa shape index (κ2) is 10.9. The van der Waals surface area contributed by atoms with Gasteiger partial charge in [0.15, 0.2) is 28.9 Å². The van der Waals surface area contributed by atoms with Gasteiger partial charge >= 0.3 is 11.6 Å². The van der Waals surface area contributed by atoms with Gasteiger partial charge < -0.3 is 32.8 Å². The highest BCUT2D eigenvalue weighted by Crippen LogP contribution is 2.45. The minimum absolute atomic E-state index is 0.0140. The van der Waals surface area contributed by atoms with Gasteiger partial charge in [-0.05, 0) is 35.9 Å². The van der Waals surface area contributed by atoms with Crippen LogP contribution >= 0.6 is 0 Å². The van der Waals surface area contributed by atoms with E-state index in [-0.39, 0.29) is 23.2 Å². The van der Waals surface area contributed by atoms with E-state index in [0.29, 0.717) is 41.4 Å². The molecule has 0 radical (unpaired) electrons. The third-order valence-electron chi connectivity index (χ3n) is 5.94. The zero-order valence-corrected chi connectivity index (χ0v) is 21.1. The summed E-state index contributed by atoms with van der Waals surface area (Å²) in [6, 6.07) is 19.6. The van der Waals surface area contributed by atoms with Gasteiger partial charge in [0.1, 0.15) is 12.7 Å². The number of esters is 1. The predicted octanol–water partition coefficient (Wildman–Crippen LogP) is 4.83. The van der Waals surface area contributed by atoms with Crippen molar-refractivity contribution in [1.29, 1.82) is 0 Å². The maximum atomic E-state index is 11.9. The summed E-state index contributed by atoms with van der Waals surface area (Å²) in [6.07, 6.45) is -0.896. The Hall–Kier alpha value is -4.50. The third kappa shape index (κ3) is 5.42. The molecule has 0 aliphatic carbocycles.